The first kappa shape index (κ1) is 7.47. The van der Waals surface area contributed by atoms with Crippen molar-refractivity contribution in [2.24, 2.45) is 5.90 Å². The second kappa shape index (κ2) is 3.51. The summed E-state index contributed by atoms with van der Waals surface area (Å²) in [6.45, 7) is 0.365. The third kappa shape index (κ3) is 1.95. The van der Waals surface area contributed by atoms with Crippen molar-refractivity contribution in [3.8, 4) is 0 Å². The molecule has 2 N–H and O–H groups in total. The molecule has 0 unspecified atom stereocenters. The van der Waals surface area contributed by atoms with Gasteiger partial charge in [0.05, 0.1) is 6.61 Å². The van der Waals surface area contributed by atoms with Crippen LogP contribution in [0.2, 0.25) is 5.15 Å². The van der Waals surface area contributed by atoms with Crippen molar-refractivity contribution in [3.63, 3.8) is 0 Å². The Morgan fingerprint density at radius 3 is 2.90 bits per heavy atom. The maximum atomic E-state index is 5.53. The molecule has 1 rings (SSSR count). The van der Waals surface area contributed by atoms with Crippen LogP contribution in [0.4, 0.5) is 0 Å². The summed E-state index contributed by atoms with van der Waals surface area (Å²) in [6.07, 6.45) is 1.62. The van der Waals surface area contributed by atoms with Crippen LogP contribution in [0.25, 0.3) is 0 Å². The molecular formula is C6H7ClN2O. The molecule has 1 aromatic rings. The molecule has 0 bridgehead atoms. The zero-order valence-electron chi connectivity index (χ0n) is 5.25. The van der Waals surface area contributed by atoms with Gasteiger partial charge in [0.1, 0.15) is 5.15 Å². The Morgan fingerprint density at radius 2 is 2.40 bits per heavy atom. The molecule has 0 fully saturated rings. The van der Waals surface area contributed by atoms with E-state index in [1.54, 1.807) is 12.3 Å². The van der Waals surface area contributed by atoms with Crippen molar-refractivity contribution in [1.82, 2.24) is 4.98 Å². The van der Waals surface area contributed by atoms with Gasteiger partial charge in [0, 0.05) is 6.20 Å². The fraction of sp³-hybridized carbons (Fsp3) is 0.167. The highest BCUT2D eigenvalue weighted by atomic mass is 35.5. The number of hydrogen-bond donors (Lipinski definition) is 1. The zero-order chi connectivity index (χ0) is 7.40. The van der Waals surface area contributed by atoms with Gasteiger partial charge in [-0.1, -0.05) is 17.7 Å². The second-order valence-electron chi connectivity index (χ2n) is 1.80. The van der Waals surface area contributed by atoms with E-state index in [1.807, 2.05) is 6.07 Å². The smallest absolute Gasteiger partial charge is 0.129 e. The molecule has 1 heterocycles. The van der Waals surface area contributed by atoms with Crippen LogP contribution < -0.4 is 5.90 Å². The molecule has 0 atom stereocenters. The predicted octanol–water partition coefficient (Wildman–Crippen LogP) is 1.13. The number of pyridine rings is 1. The largest absolute Gasteiger partial charge is 0.300 e. The van der Waals surface area contributed by atoms with E-state index in [0.29, 0.717) is 11.8 Å². The second-order valence-corrected chi connectivity index (χ2v) is 2.19. The summed E-state index contributed by atoms with van der Waals surface area (Å²) in [4.78, 5) is 8.21. The Bertz CT molecular complexity index is 199. The molecule has 1 aromatic heterocycles. The number of nitrogens with two attached hydrogens (primary N) is 1. The maximum Gasteiger partial charge on any atom is 0.129 e. The number of rotatable bonds is 2. The van der Waals surface area contributed by atoms with E-state index in [9.17, 15) is 0 Å². The summed E-state index contributed by atoms with van der Waals surface area (Å²) in [7, 11) is 0. The van der Waals surface area contributed by atoms with Gasteiger partial charge in [-0.05, 0) is 11.6 Å². The lowest BCUT2D eigenvalue weighted by molar-refractivity contribution is 0.124. The molecule has 0 aliphatic heterocycles. The first-order chi connectivity index (χ1) is 4.83. The van der Waals surface area contributed by atoms with E-state index >= 15 is 0 Å². The van der Waals surface area contributed by atoms with Crippen LogP contribution in [-0.4, -0.2) is 4.98 Å². The van der Waals surface area contributed by atoms with Gasteiger partial charge in [-0.25, -0.2) is 10.9 Å². The van der Waals surface area contributed by atoms with Gasteiger partial charge in [0.25, 0.3) is 0 Å². The molecule has 0 saturated heterocycles. The predicted molar refractivity (Wildman–Crippen MR) is 38.2 cm³/mol. The lowest BCUT2D eigenvalue weighted by Crippen LogP contribution is -1.98. The fourth-order valence-corrected chi connectivity index (χ4v) is 0.700. The third-order valence-corrected chi connectivity index (χ3v) is 1.26. The van der Waals surface area contributed by atoms with Gasteiger partial charge in [-0.2, -0.15) is 0 Å². The minimum atomic E-state index is 0.365. The lowest BCUT2D eigenvalue weighted by atomic mass is 10.3. The molecule has 0 aliphatic rings. The Labute approximate surface area is 63.7 Å². The van der Waals surface area contributed by atoms with Crippen molar-refractivity contribution in [2.75, 3.05) is 0 Å². The highest BCUT2D eigenvalue weighted by Gasteiger charge is 1.91. The van der Waals surface area contributed by atoms with Crippen LogP contribution in [0.5, 0.6) is 0 Å². The molecule has 0 aliphatic carbocycles. The molecule has 4 heteroatoms. The van der Waals surface area contributed by atoms with E-state index in [0.717, 1.165) is 5.56 Å². The van der Waals surface area contributed by atoms with Gasteiger partial charge >= 0.3 is 0 Å². The number of halogens is 1. The van der Waals surface area contributed by atoms with E-state index in [-0.39, 0.29) is 0 Å². The van der Waals surface area contributed by atoms with E-state index in [1.165, 1.54) is 0 Å². The van der Waals surface area contributed by atoms with Crippen molar-refractivity contribution >= 4 is 11.6 Å². The third-order valence-electron chi connectivity index (χ3n) is 1.04. The first-order valence-corrected chi connectivity index (χ1v) is 3.13. The molecule has 3 nitrogen and oxygen atoms in total. The van der Waals surface area contributed by atoms with E-state index in [2.05, 4.69) is 9.82 Å². The average molecular weight is 159 g/mol. The van der Waals surface area contributed by atoms with Gasteiger partial charge in [-0.15, -0.1) is 0 Å². The SMILES string of the molecule is NOCc1ccc(Cl)nc1. The Hall–Kier alpha value is -0.640. The topological polar surface area (TPSA) is 48.1 Å². The standard InChI is InChI=1S/C6H7ClN2O/c7-6-2-1-5(3-9-6)4-10-8/h1-3H,4,8H2. The van der Waals surface area contributed by atoms with Crippen LogP contribution in [0, 0.1) is 0 Å². The normalized spacial score (nSPS) is 9.80. The van der Waals surface area contributed by atoms with Gasteiger partial charge in [0.15, 0.2) is 0 Å². The van der Waals surface area contributed by atoms with Crippen molar-refractivity contribution in [1.29, 1.82) is 0 Å². The molecular weight excluding hydrogens is 152 g/mol. The number of hydrogen-bond acceptors (Lipinski definition) is 3. The van der Waals surface area contributed by atoms with Crippen molar-refractivity contribution in [2.45, 2.75) is 6.61 Å². The molecule has 0 amide bonds. The van der Waals surface area contributed by atoms with Gasteiger partial charge in [-0.3, -0.25) is 4.84 Å². The number of nitrogens with zero attached hydrogens (tertiary/aromatic N) is 1. The molecule has 0 aromatic carbocycles. The van der Waals surface area contributed by atoms with Crippen molar-refractivity contribution in [3.05, 3.63) is 29.0 Å². The summed E-state index contributed by atoms with van der Waals surface area (Å²) in [5.41, 5.74) is 0.909. The zero-order valence-corrected chi connectivity index (χ0v) is 6.01. The van der Waals surface area contributed by atoms with Gasteiger partial charge in [0.2, 0.25) is 0 Å². The Balaban J connectivity index is 2.69. The van der Waals surface area contributed by atoms with Crippen LogP contribution in [0.1, 0.15) is 5.56 Å². The maximum absolute atomic E-state index is 5.53. The van der Waals surface area contributed by atoms with Crippen LogP contribution in [-0.2, 0) is 11.4 Å². The summed E-state index contributed by atoms with van der Waals surface area (Å²) < 4.78 is 0. The monoisotopic (exact) mass is 158 g/mol. The average Bonchev–Trinajstić information content (AvgIpc) is 1.95. The molecule has 54 valence electrons. The highest BCUT2D eigenvalue weighted by Crippen LogP contribution is 2.04. The lowest BCUT2D eigenvalue weighted by Gasteiger charge is -1.95. The Morgan fingerprint density at radius 1 is 1.60 bits per heavy atom. The quantitative estimate of drug-likeness (QED) is 0.519. The van der Waals surface area contributed by atoms with Crippen LogP contribution >= 0.6 is 11.6 Å². The summed E-state index contributed by atoms with van der Waals surface area (Å²) >= 11 is 5.53. The Kier molecular flexibility index (Phi) is 2.62. The minimum absolute atomic E-state index is 0.365. The van der Waals surface area contributed by atoms with E-state index < -0.39 is 0 Å². The summed E-state index contributed by atoms with van der Waals surface area (Å²) in [5, 5.41) is 0.473. The van der Waals surface area contributed by atoms with Crippen molar-refractivity contribution < 1.29 is 4.84 Å². The molecule has 10 heavy (non-hydrogen) atoms. The molecule has 0 saturated carbocycles. The highest BCUT2D eigenvalue weighted by molar-refractivity contribution is 6.29. The summed E-state index contributed by atoms with van der Waals surface area (Å²) in [5.74, 6) is 4.84. The first-order valence-electron chi connectivity index (χ1n) is 2.75. The minimum Gasteiger partial charge on any atom is -0.300 e. The van der Waals surface area contributed by atoms with Gasteiger partial charge < -0.3 is 0 Å². The van der Waals surface area contributed by atoms with Crippen LogP contribution in [0.3, 0.4) is 0 Å². The fourth-order valence-electron chi connectivity index (χ4n) is 0.588. The molecule has 0 radical (unpaired) electrons. The summed E-state index contributed by atoms with van der Waals surface area (Å²) in [6, 6.07) is 3.50. The molecule has 0 spiro atoms. The van der Waals surface area contributed by atoms with E-state index in [4.69, 9.17) is 17.5 Å². The number of aromatic nitrogens is 1. The van der Waals surface area contributed by atoms with Crippen LogP contribution in [0.15, 0.2) is 18.3 Å².